The fourth-order valence-corrected chi connectivity index (χ4v) is 2.71. The van der Waals surface area contributed by atoms with E-state index in [-0.39, 0.29) is 23.7 Å². The molecule has 21 heavy (non-hydrogen) atoms. The minimum absolute atomic E-state index is 0.00957. The molecule has 0 unspecified atom stereocenters. The molecule has 2 atom stereocenters. The van der Waals surface area contributed by atoms with E-state index >= 15 is 0 Å². The molecule has 0 saturated heterocycles. The van der Waals surface area contributed by atoms with Gasteiger partial charge < -0.3 is 0 Å². The molecule has 3 aromatic rings. The van der Waals surface area contributed by atoms with Crippen LogP contribution in [0.15, 0.2) is 42.5 Å². The first-order valence-corrected chi connectivity index (χ1v) is 6.84. The number of carbonyl (C=O) groups excluding carboxylic acids is 1. The SMILES string of the molecule is O=C(Nc1nn[nH]n1)[C@H]1C[C@H]1c1ccc2ccccc2c1. The van der Waals surface area contributed by atoms with Crippen LogP contribution in [0, 0.1) is 5.92 Å². The number of hydrogen-bond acceptors (Lipinski definition) is 4. The molecule has 1 amide bonds. The summed E-state index contributed by atoms with van der Waals surface area (Å²) in [4.78, 5) is 12.1. The van der Waals surface area contributed by atoms with E-state index in [1.165, 1.54) is 16.3 Å². The van der Waals surface area contributed by atoms with Crippen LogP contribution in [0.5, 0.6) is 0 Å². The second-order valence-electron chi connectivity index (χ2n) is 5.28. The molecule has 0 radical (unpaired) electrons. The van der Waals surface area contributed by atoms with Gasteiger partial charge in [-0.2, -0.15) is 5.21 Å². The third-order valence-corrected chi connectivity index (χ3v) is 3.91. The van der Waals surface area contributed by atoms with Crippen LogP contribution < -0.4 is 5.32 Å². The highest BCUT2D eigenvalue weighted by Crippen LogP contribution is 2.48. The topological polar surface area (TPSA) is 83.6 Å². The summed E-state index contributed by atoms with van der Waals surface area (Å²) in [6, 6.07) is 14.6. The molecule has 1 heterocycles. The van der Waals surface area contributed by atoms with Gasteiger partial charge in [-0.3, -0.25) is 10.1 Å². The predicted molar refractivity (Wildman–Crippen MR) is 77.6 cm³/mol. The molecule has 6 heteroatoms. The molecule has 1 aliphatic carbocycles. The third kappa shape index (κ3) is 2.24. The Morgan fingerprint density at radius 3 is 2.86 bits per heavy atom. The number of rotatable bonds is 3. The Bertz CT molecular complexity index is 799. The zero-order chi connectivity index (χ0) is 14.2. The summed E-state index contributed by atoms with van der Waals surface area (Å²) in [5.74, 6) is 0.449. The maximum atomic E-state index is 12.1. The zero-order valence-electron chi connectivity index (χ0n) is 11.2. The summed E-state index contributed by atoms with van der Waals surface area (Å²) in [5.41, 5.74) is 1.21. The van der Waals surface area contributed by atoms with Crippen molar-refractivity contribution in [3.05, 3.63) is 48.0 Å². The van der Waals surface area contributed by atoms with E-state index in [2.05, 4.69) is 56.3 Å². The summed E-state index contributed by atoms with van der Waals surface area (Å²) in [6.45, 7) is 0. The van der Waals surface area contributed by atoms with Crippen LogP contribution in [0.1, 0.15) is 17.9 Å². The van der Waals surface area contributed by atoms with Crippen molar-refractivity contribution in [2.45, 2.75) is 12.3 Å². The van der Waals surface area contributed by atoms with E-state index in [9.17, 15) is 4.79 Å². The van der Waals surface area contributed by atoms with Gasteiger partial charge in [-0.25, -0.2) is 0 Å². The number of H-pyrrole nitrogens is 1. The van der Waals surface area contributed by atoms with E-state index in [4.69, 9.17) is 0 Å². The van der Waals surface area contributed by atoms with Gasteiger partial charge in [0.1, 0.15) is 0 Å². The Hall–Kier alpha value is -2.76. The molecular formula is C15H13N5O. The standard InChI is InChI=1S/C15H13N5O/c21-14(16-15-17-19-20-18-15)13-8-12(13)11-6-5-9-3-1-2-4-10(9)7-11/h1-7,12-13H,8H2,(H2,16,17,18,19,20,21)/t12-,13-/m0/s1. The lowest BCUT2D eigenvalue weighted by Crippen LogP contribution is -2.15. The Morgan fingerprint density at radius 1 is 1.19 bits per heavy atom. The minimum Gasteiger partial charge on any atom is -0.292 e. The number of hydrogen-bond donors (Lipinski definition) is 2. The molecule has 1 aliphatic rings. The Balaban J connectivity index is 1.51. The van der Waals surface area contributed by atoms with E-state index < -0.39 is 0 Å². The highest BCUT2D eigenvalue weighted by Gasteiger charge is 2.44. The van der Waals surface area contributed by atoms with Gasteiger partial charge >= 0.3 is 0 Å². The van der Waals surface area contributed by atoms with Crippen LogP contribution in [-0.4, -0.2) is 26.5 Å². The van der Waals surface area contributed by atoms with Crippen LogP contribution in [0.3, 0.4) is 0 Å². The number of tetrazole rings is 1. The van der Waals surface area contributed by atoms with Gasteiger partial charge in [0.05, 0.1) is 0 Å². The first kappa shape index (κ1) is 12.0. The minimum atomic E-state index is -0.0467. The second kappa shape index (κ2) is 4.66. The average molecular weight is 279 g/mol. The van der Waals surface area contributed by atoms with Crippen molar-refractivity contribution in [2.24, 2.45) is 5.92 Å². The zero-order valence-corrected chi connectivity index (χ0v) is 11.2. The predicted octanol–water partition coefficient (Wildman–Crippen LogP) is 2.10. The average Bonchev–Trinajstić information content (AvgIpc) is 3.17. The molecule has 6 nitrogen and oxygen atoms in total. The van der Waals surface area contributed by atoms with Crippen molar-refractivity contribution in [1.82, 2.24) is 20.6 Å². The molecule has 0 aliphatic heterocycles. The summed E-state index contributed by atoms with van der Waals surface area (Å²) in [5, 5.41) is 18.3. The lowest BCUT2D eigenvalue weighted by atomic mass is 10.0. The number of nitrogens with zero attached hydrogens (tertiary/aromatic N) is 3. The number of carbonyl (C=O) groups is 1. The van der Waals surface area contributed by atoms with E-state index in [1.54, 1.807) is 0 Å². The quantitative estimate of drug-likeness (QED) is 0.769. The number of benzene rings is 2. The maximum absolute atomic E-state index is 12.1. The number of amides is 1. The Morgan fingerprint density at radius 2 is 2.05 bits per heavy atom. The molecular weight excluding hydrogens is 266 g/mol. The maximum Gasteiger partial charge on any atom is 0.269 e. The van der Waals surface area contributed by atoms with Gasteiger partial charge in [-0.05, 0) is 33.9 Å². The van der Waals surface area contributed by atoms with Crippen molar-refractivity contribution < 1.29 is 4.79 Å². The van der Waals surface area contributed by atoms with Crippen molar-refractivity contribution in [3.63, 3.8) is 0 Å². The monoisotopic (exact) mass is 279 g/mol. The highest BCUT2D eigenvalue weighted by atomic mass is 16.2. The molecule has 4 rings (SSSR count). The molecule has 1 fully saturated rings. The van der Waals surface area contributed by atoms with Gasteiger partial charge in [0.2, 0.25) is 5.91 Å². The Kier molecular flexibility index (Phi) is 2.67. The molecule has 0 bridgehead atoms. The van der Waals surface area contributed by atoms with Gasteiger partial charge in [0.25, 0.3) is 5.95 Å². The van der Waals surface area contributed by atoms with E-state index in [0.717, 1.165) is 6.42 Å². The molecule has 0 spiro atoms. The van der Waals surface area contributed by atoms with Crippen molar-refractivity contribution in [2.75, 3.05) is 5.32 Å². The fraction of sp³-hybridized carbons (Fsp3) is 0.200. The van der Waals surface area contributed by atoms with E-state index in [1.807, 2.05) is 12.1 Å². The first-order valence-electron chi connectivity index (χ1n) is 6.84. The number of anilines is 1. The second-order valence-corrected chi connectivity index (χ2v) is 5.28. The molecule has 1 aromatic heterocycles. The normalized spacial score (nSPS) is 20.4. The van der Waals surface area contributed by atoms with Crippen LogP contribution in [-0.2, 0) is 4.79 Å². The Labute approximate surface area is 120 Å². The lowest BCUT2D eigenvalue weighted by molar-refractivity contribution is -0.117. The summed E-state index contributed by atoms with van der Waals surface area (Å²) in [7, 11) is 0. The summed E-state index contributed by atoms with van der Waals surface area (Å²) >= 11 is 0. The van der Waals surface area contributed by atoms with Gasteiger partial charge in [0, 0.05) is 5.92 Å². The van der Waals surface area contributed by atoms with Crippen molar-refractivity contribution >= 4 is 22.6 Å². The van der Waals surface area contributed by atoms with E-state index in [0.29, 0.717) is 0 Å². The fourth-order valence-electron chi connectivity index (χ4n) is 2.71. The number of fused-ring (bicyclic) bond motifs is 1. The summed E-state index contributed by atoms with van der Waals surface area (Å²) in [6.07, 6.45) is 0.863. The first-order chi connectivity index (χ1) is 10.3. The highest BCUT2D eigenvalue weighted by molar-refractivity contribution is 5.94. The third-order valence-electron chi connectivity index (χ3n) is 3.91. The molecule has 1 saturated carbocycles. The number of aromatic amines is 1. The molecule has 2 aromatic carbocycles. The smallest absolute Gasteiger partial charge is 0.269 e. The van der Waals surface area contributed by atoms with Gasteiger partial charge in [-0.1, -0.05) is 47.6 Å². The van der Waals surface area contributed by atoms with Crippen molar-refractivity contribution in [1.29, 1.82) is 0 Å². The van der Waals surface area contributed by atoms with Gasteiger partial charge in [0.15, 0.2) is 0 Å². The number of aromatic nitrogens is 4. The van der Waals surface area contributed by atoms with Crippen LogP contribution in [0.4, 0.5) is 5.95 Å². The summed E-state index contributed by atoms with van der Waals surface area (Å²) < 4.78 is 0. The van der Waals surface area contributed by atoms with Crippen LogP contribution in [0.25, 0.3) is 10.8 Å². The lowest BCUT2D eigenvalue weighted by Gasteiger charge is -2.03. The van der Waals surface area contributed by atoms with Crippen LogP contribution in [0.2, 0.25) is 0 Å². The molecule has 2 N–H and O–H groups in total. The van der Waals surface area contributed by atoms with Crippen molar-refractivity contribution in [3.8, 4) is 0 Å². The largest absolute Gasteiger partial charge is 0.292 e. The van der Waals surface area contributed by atoms with Crippen LogP contribution >= 0.6 is 0 Å². The van der Waals surface area contributed by atoms with Gasteiger partial charge in [-0.15, -0.1) is 5.10 Å². The number of nitrogens with one attached hydrogen (secondary N) is 2. The molecule has 104 valence electrons.